The van der Waals surface area contributed by atoms with Gasteiger partial charge in [0.1, 0.15) is 17.3 Å². The predicted molar refractivity (Wildman–Crippen MR) is 147 cm³/mol. The summed E-state index contributed by atoms with van der Waals surface area (Å²) < 4.78 is 22.3. The predicted octanol–water partition coefficient (Wildman–Crippen LogP) is 6.28. The fourth-order valence-corrected chi connectivity index (χ4v) is 5.54. The second-order valence-electron chi connectivity index (χ2n) is 9.87. The molecular weight excluding hydrogens is 477 g/mol. The highest BCUT2D eigenvalue weighted by Gasteiger charge is 2.30. The smallest absolute Gasteiger partial charge is 0.270 e. The number of hydrogen-bond donors (Lipinski definition) is 0. The van der Waals surface area contributed by atoms with Gasteiger partial charge in [-0.1, -0.05) is 78.9 Å². The minimum atomic E-state index is -0.283. The van der Waals surface area contributed by atoms with Crippen LogP contribution in [0.4, 0.5) is 4.39 Å². The molecule has 0 radical (unpaired) electrons. The molecule has 6 rings (SSSR count). The van der Waals surface area contributed by atoms with Crippen LogP contribution in [0.2, 0.25) is 0 Å². The van der Waals surface area contributed by atoms with Crippen LogP contribution in [0.15, 0.2) is 101 Å². The Morgan fingerprint density at radius 3 is 2.08 bits per heavy atom. The lowest BCUT2D eigenvalue weighted by atomic mass is 9.96. The largest absolute Gasteiger partial charge is 0.460 e. The molecule has 0 N–H and O–H groups in total. The van der Waals surface area contributed by atoms with Gasteiger partial charge in [-0.25, -0.2) is 4.39 Å². The van der Waals surface area contributed by atoms with Crippen molar-refractivity contribution < 1.29 is 13.6 Å². The van der Waals surface area contributed by atoms with Gasteiger partial charge in [0.15, 0.2) is 5.58 Å². The third kappa shape index (κ3) is 4.63. The van der Waals surface area contributed by atoms with E-state index in [1.54, 1.807) is 18.2 Å². The van der Waals surface area contributed by atoms with Crippen LogP contribution in [0, 0.1) is 12.7 Å². The molecule has 0 unspecified atom stereocenters. The molecule has 0 aliphatic carbocycles. The van der Waals surface area contributed by atoms with E-state index in [9.17, 15) is 9.18 Å². The van der Waals surface area contributed by atoms with Gasteiger partial charge in [-0.2, -0.15) is 0 Å². The molecule has 0 atom stereocenters. The van der Waals surface area contributed by atoms with E-state index < -0.39 is 0 Å². The fraction of sp³-hybridized carbons (Fsp3) is 0.219. The van der Waals surface area contributed by atoms with Gasteiger partial charge in [0, 0.05) is 43.9 Å². The first kappa shape index (κ1) is 24.2. The number of carbonyl (C=O) groups excluding carboxylic acids is 1. The molecule has 5 aromatic rings. The topological polar surface area (TPSA) is 41.6 Å². The molecule has 6 heteroatoms. The van der Waals surface area contributed by atoms with Gasteiger partial charge in [0.05, 0.1) is 18.1 Å². The highest BCUT2D eigenvalue weighted by Crippen LogP contribution is 2.31. The molecule has 1 fully saturated rings. The number of hydrogen-bond acceptors (Lipinski definition) is 3. The number of benzene rings is 3. The van der Waals surface area contributed by atoms with Crippen molar-refractivity contribution in [3.63, 3.8) is 0 Å². The van der Waals surface area contributed by atoms with Crippen molar-refractivity contribution in [1.29, 1.82) is 0 Å². The van der Waals surface area contributed by atoms with Crippen LogP contribution in [0.1, 0.15) is 39.0 Å². The Morgan fingerprint density at radius 2 is 1.45 bits per heavy atom. The van der Waals surface area contributed by atoms with Gasteiger partial charge in [-0.05, 0) is 24.1 Å². The Bertz CT molecular complexity index is 1510. The molecule has 2 aromatic heterocycles. The summed E-state index contributed by atoms with van der Waals surface area (Å²) in [5, 5.41) is 0. The molecule has 0 spiro atoms. The van der Waals surface area contributed by atoms with Crippen LogP contribution in [0.5, 0.6) is 0 Å². The second-order valence-corrected chi connectivity index (χ2v) is 9.87. The molecule has 1 aliphatic heterocycles. The van der Waals surface area contributed by atoms with E-state index in [2.05, 4.69) is 53.4 Å². The molecule has 1 saturated heterocycles. The lowest BCUT2D eigenvalue weighted by Gasteiger charge is -2.39. The van der Waals surface area contributed by atoms with Gasteiger partial charge < -0.3 is 13.9 Å². The first-order valence-corrected chi connectivity index (χ1v) is 13.0. The monoisotopic (exact) mass is 507 g/mol. The second kappa shape index (κ2) is 10.3. The summed E-state index contributed by atoms with van der Waals surface area (Å²) in [6.45, 7) is 4.87. The highest BCUT2D eigenvalue weighted by atomic mass is 19.1. The Kier molecular flexibility index (Phi) is 6.56. The fourth-order valence-electron chi connectivity index (χ4n) is 5.54. The number of aryl methyl sites for hydroxylation is 1. The zero-order valence-corrected chi connectivity index (χ0v) is 21.4. The lowest BCUT2D eigenvalue weighted by Crippen LogP contribution is -2.50. The Hall–Kier alpha value is -4.16. The average molecular weight is 508 g/mol. The van der Waals surface area contributed by atoms with Gasteiger partial charge >= 0.3 is 0 Å². The number of carbonyl (C=O) groups is 1. The standard InChI is InChI=1S/C32H30FN3O2/c1-23-20-28-30(38-23)21-29(36(28)22-26-14-8-9-15-27(26)33)32(37)35-18-16-34(17-19-35)31(24-10-4-2-5-11-24)25-12-6-3-7-13-25/h2-15,20-21,31H,16-19,22H2,1H3. The molecule has 0 saturated carbocycles. The summed E-state index contributed by atoms with van der Waals surface area (Å²) in [5.41, 5.74) is 5.00. The summed E-state index contributed by atoms with van der Waals surface area (Å²) in [6, 6.07) is 31.6. The zero-order chi connectivity index (χ0) is 26.1. The maximum Gasteiger partial charge on any atom is 0.270 e. The summed E-state index contributed by atoms with van der Waals surface area (Å²) in [4.78, 5) is 18.2. The number of aromatic nitrogens is 1. The maximum atomic E-state index is 14.5. The van der Waals surface area contributed by atoms with Crippen LogP contribution in [-0.2, 0) is 6.54 Å². The number of piperazine rings is 1. The number of rotatable bonds is 6. The number of fused-ring (bicyclic) bond motifs is 1. The number of nitrogens with zero attached hydrogens (tertiary/aromatic N) is 3. The third-order valence-corrected chi connectivity index (χ3v) is 7.42. The summed E-state index contributed by atoms with van der Waals surface area (Å²) in [5.74, 6) is 0.424. The molecule has 192 valence electrons. The van der Waals surface area contributed by atoms with Crippen molar-refractivity contribution in [2.24, 2.45) is 0 Å². The maximum absolute atomic E-state index is 14.5. The van der Waals surface area contributed by atoms with Gasteiger partial charge in [-0.3, -0.25) is 9.69 Å². The van der Waals surface area contributed by atoms with E-state index in [4.69, 9.17) is 4.42 Å². The first-order chi connectivity index (χ1) is 18.6. The lowest BCUT2D eigenvalue weighted by molar-refractivity contribution is 0.0588. The summed E-state index contributed by atoms with van der Waals surface area (Å²) in [6.07, 6.45) is 0. The SMILES string of the molecule is Cc1cc2c(cc(C(=O)N3CCN(C(c4ccccc4)c4ccccc4)CC3)n2Cc2ccccc2F)o1. The van der Waals surface area contributed by atoms with Crippen LogP contribution in [-0.4, -0.2) is 46.5 Å². The molecule has 1 amide bonds. The number of halogens is 1. The van der Waals surface area contributed by atoms with Crippen molar-refractivity contribution >= 4 is 17.0 Å². The normalized spacial score (nSPS) is 14.4. The van der Waals surface area contributed by atoms with Crippen LogP contribution in [0.25, 0.3) is 11.1 Å². The minimum absolute atomic E-state index is 0.0546. The Labute approximate surface area is 221 Å². The minimum Gasteiger partial charge on any atom is -0.460 e. The van der Waals surface area contributed by atoms with Gasteiger partial charge in [0.25, 0.3) is 5.91 Å². The molecule has 3 heterocycles. The number of furan rings is 1. The Morgan fingerprint density at radius 1 is 0.842 bits per heavy atom. The van der Waals surface area contributed by atoms with Gasteiger partial charge in [-0.15, -0.1) is 0 Å². The van der Waals surface area contributed by atoms with Crippen molar-refractivity contribution in [2.75, 3.05) is 26.2 Å². The molecule has 3 aromatic carbocycles. The van der Waals surface area contributed by atoms with Crippen LogP contribution < -0.4 is 0 Å². The zero-order valence-electron chi connectivity index (χ0n) is 21.4. The summed E-state index contributed by atoms with van der Waals surface area (Å²) in [7, 11) is 0. The van der Waals surface area contributed by atoms with Crippen molar-refractivity contribution in [3.8, 4) is 0 Å². The molecular formula is C32H30FN3O2. The molecule has 5 nitrogen and oxygen atoms in total. The Balaban J connectivity index is 1.25. The van der Waals surface area contributed by atoms with Gasteiger partial charge in [0.2, 0.25) is 0 Å². The first-order valence-electron chi connectivity index (χ1n) is 13.0. The molecule has 1 aliphatic rings. The van der Waals surface area contributed by atoms with E-state index >= 15 is 0 Å². The van der Waals surface area contributed by atoms with E-state index in [-0.39, 0.29) is 24.3 Å². The van der Waals surface area contributed by atoms with E-state index in [0.29, 0.717) is 29.9 Å². The summed E-state index contributed by atoms with van der Waals surface area (Å²) >= 11 is 0. The van der Waals surface area contributed by atoms with Crippen LogP contribution in [0.3, 0.4) is 0 Å². The van der Waals surface area contributed by atoms with Crippen molar-refractivity contribution in [2.45, 2.75) is 19.5 Å². The van der Waals surface area contributed by atoms with Crippen molar-refractivity contribution in [1.82, 2.24) is 14.4 Å². The van der Waals surface area contributed by atoms with E-state index in [1.165, 1.54) is 17.2 Å². The van der Waals surface area contributed by atoms with E-state index in [1.807, 2.05) is 40.7 Å². The van der Waals surface area contributed by atoms with Crippen LogP contribution >= 0.6 is 0 Å². The highest BCUT2D eigenvalue weighted by molar-refractivity contribution is 5.97. The van der Waals surface area contributed by atoms with Crippen molar-refractivity contribution in [3.05, 3.63) is 131 Å². The van der Waals surface area contributed by atoms with E-state index in [0.717, 1.165) is 24.4 Å². The third-order valence-electron chi connectivity index (χ3n) is 7.42. The quantitative estimate of drug-likeness (QED) is 0.272. The molecule has 0 bridgehead atoms. The average Bonchev–Trinajstić information content (AvgIpc) is 3.48. The molecule has 38 heavy (non-hydrogen) atoms. The number of amides is 1.